The van der Waals surface area contributed by atoms with Crippen molar-refractivity contribution in [1.29, 1.82) is 0 Å². The average molecular weight is 316 g/mol. The summed E-state index contributed by atoms with van der Waals surface area (Å²) in [5.41, 5.74) is 1.47. The van der Waals surface area contributed by atoms with E-state index in [-0.39, 0.29) is 0 Å². The minimum atomic E-state index is 0.749. The number of piperidine rings is 1. The van der Waals surface area contributed by atoms with Crippen molar-refractivity contribution in [3.8, 4) is 0 Å². The maximum Gasteiger partial charge on any atom is 0.00915 e. The molecule has 0 bridgehead atoms. The summed E-state index contributed by atoms with van der Waals surface area (Å²) >= 11 is 0. The van der Waals surface area contributed by atoms with Gasteiger partial charge in [-0.3, -0.25) is 0 Å². The maximum absolute atomic E-state index is 3.85. The zero-order chi connectivity index (χ0) is 15.9. The molecule has 0 aromatic heterocycles. The largest absolute Gasteiger partial charge is 0.314 e. The molecule has 128 valence electrons. The maximum atomic E-state index is 3.85. The van der Waals surface area contributed by atoms with E-state index in [1.807, 2.05) is 0 Å². The van der Waals surface area contributed by atoms with Crippen LogP contribution in [0.1, 0.15) is 31.7 Å². The summed E-state index contributed by atoms with van der Waals surface area (Å²) in [5.74, 6) is 0.881. The molecule has 3 rings (SSSR count). The molecule has 0 saturated carbocycles. The first-order valence-electron chi connectivity index (χ1n) is 9.55. The first kappa shape index (κ1) is 16.9. The van der Waals surface area contributed by atoms with Gasteiger partial charge in [-0.1, -0.05) is 37.3 Å². The van der Waals surface area contributed by atoms with Crippen LogP contribution in [0, 0.1) is 5.92 Å². The van der Waals surface area contributed by atoms with Gasteiger partial charge in [-0.15, -0.1) is 0 Å². The van der Waals surface area contributed by atoms with Crippen LogP contribution in [0.5, 0.6) is 0 Å². The van der Waals surface area contributed by atoms with Crippen molar-refractivity contribution in [1.82, 2.24) is 15.1 Å². The second-order valence-corrected chi connectivity index (χ2v) is 7.31. The highest BCUT2D eigenvalue weighted by molar-refractivity contribution is 5.14. The lowest BCUT2D eigenvalue weighted by molar-refractivity contribution is 0.196. The molecule has 1 aromatic carbocycles. The predicted molar refractivity (Wildman–Crippen MR) is 97.8 cm³/mol. The Balaban J connectivity index is 1.30. The Kier molecular flexibility index (Phi) is 6.49. The summed E-state index contributed by atoms with van der Waals surface area (Å²) in [5, 5.41) is 3.85. The monoisotopic (exact) mass is 315 g/mol. The topological polar surface area (TPSA) is 18.5 Å². The quantitative estimate of drug-likeness (QED) is 0.834. The van der Waals surface area contributed by atoms with Crippen molar-refractivity contribution in [3.05, 3.63) is 35.9 Å². The van der Waals surface area contributed by atoms with E-state index in [1.165, 1.54) is 77.1 Å². The smallest absolute Gasteiger partial charge is 0.00915 e. The van der Waals surface area contributed by atoms with Gasteiger partial charge in [0.2, 0.25) is 0 Å². The Bertz CT molecular complexity index is 439. The molecule has 0 spiro atoms. The molecule has 0 amide bonds. The van der Waals surface area contributed by atoms with Crippen LogP contribution in [-0.4, -0.2) is 61.7 Å². The standard InChI is InChI=1S/C20H33N3/c1-2-22-12-9-19(17-22)16-21-20-10-14-23(15-11-20)13-8-18-6-4-3-5-7-18/h3-7,19-21H,2,8-17H2,1H3. The first-order valence-corrected chi connectivity index (χ1v) is 9.55. The van der Waals surface area contributed by atoms with Gasteiger partial charge in [0, 0.05) is 19.1 Å². The van der Waals surface area contributed by atoms with Crippen molar-refractivity contribution >= 4 is 0 Å². The van der Waals surface area contributed by atoms with E-state index >= 15 is 0 Å². The molecule has 2 aliphatic rings. The minimum absolute atomic E-state index is 0.749. The highest BCUT2D eigenvalue weighted by Gasteiger charge is 2.23. The summed E-state index contributed by atoms with van der Waals surface area (Å²) < 4.78 is 0. The van der Waals surface area contributed by atoms with Crippen LogP contribution in [-0.2, 0) is 6.42 Å². The molecule has 1 atom stereocenters. The van der Waals surface area contributed by atoms with Gasteiger partial charge in [0.05, 0.1) is 0 Å². The molecule has 2 aliphatic heterocycles. The molecule has 1 N–H and O–H groups in total. The van der Waals surface area contributed by atoms with Crippen LogP contribution in [0.25, 0.3) is 0 Å². The minimum Gasteiger partial charge on any atom is -0.314 e. The van der Waals surface area contributed by atoms with Gasteiger partial charge in [0.25, 0.3) is 0 Å². The lowest BCUT2D eigenvalue weighted by Gasteiger charge is -2.33. The highest BCUT2D eigenvalue weighted by atomic mass is 15.2. The molecule has 0 aliphatic carbocycles. The Labute approximate surface area is 142 Å². The molecule has 0 radical (unpaired) electrons. The van der Waals surface area contributed by atoms with E-state index in [4.69, 9.17) is 0 Å². The summed E-state index contributed by atoms with van der Waals surface area (Å²) in [6, 6.07) is 11.6. The predicted octanol–water partition coefficient (Wildman–Crippen LogP) is 2.62. The van der Waals surface area contributed by atoms with Gasteiger partial charge in [-0.05, 0) is 69.9 Å². The van der Waals surface area contributed by atoms with Crippen LogP contribution >= 0.6 is 0 Å². The van der Waals surface area contributed by atoms with Crippen molar-refractivity contribution in [2.75, 3.05) is 45.8 Å². The van der Waals surface area contributed by atoms with E-state index in [1.54, 1.807) is 0 Å². The molecule has 2 heterocycles. The number of hydrogen-bond donors (Lipinski definition) is 1. The highest BCUT2D eigenvalue weighted by Crippen LogP contribution is 2.16. The van der Waals surface area contributed by atoms with E-state index in [2.05, 4.69) is 52.4 Å². The van der Waals surface area contributed by atoms with Gasteiger partial charge in [0.1, 0.15) is 0 Å². The number of nitrogens with zero attached hydrogens (tertiary/aromatic N) is 2. The van der Waals surface area contributed by atoms with Crippen molar-refractivity contribution in [2.24, 2.45) is 5.92 Å². The van der Waals surface area contributed by atoms with E-state index < -0.39 is 0 Å². The van der Waals surface area contributed by atoms with Gasteiger partial charge in [-0.2, -0.15) is 0 Å². The van der Waals surface area contributed by atoms with Crippen LogP contribution in [0.3, 0.4) is 0 Å². The molecule has 1 unspecified atom stereocenters. The molecular formula is C20H33N3. The van der Waals surface area contributed by atoms with Crippen molar-refractivity contribution in [3.63, 3.8) is 0 Å². The first-order chi connectivity index (χ1) is 11.3. The van der Waals surface area contributed by atoms with Gasteiger partial charge in [0.15, 0.2) is 0 Å². The van der Waals surface area contributed by atoms with Crippen molar-refractivity contribution < 1.29 is 0 Å². The van der Waals surface area contributed by atoms with Crippen LogP contribution in [0.4, 0.5) is 0 Å². The fraction of sp³-hybridized carbons (Fsp3) is 0.700. The van der Waals surface area contributed by atoms with Gasteiger partial charge in [-0.25, -0.2) is 0 Å². The van der Waals surface area contributed by atoms with Crippen LogP contribution in [0.15, 0.2) is 30.3 Å². The molecule has 2 fully saturated rings. The number of hydrogen-bond acceptors (Lipinski definition) is 3. The third-order valence-electron chi connectivity index (χ3n) is 5.66. The molecule has 3 heteroatoms. The normalized spacial score (nSPS) is 24.3. The lowest BCUT2D eigenvalue weighted by Crippen LogP contribution is -2.44. The number of likely N-dealkylation sites (tertiary alicyclic amines) is 2. The van der Waals surface area contributed by atoms with E-state index in [0.29, 0.717) is 0 Å². The Hall–Kier alpha value is -0.900. The average Bonchev–Trinajstić information content (AvgIpc) is 3.08. The molecule has 1 aromatic rings. The van der Waals surface area contributed by atoms with Crippen LogP contribution in [0.2, 0.25) is 0 Å². The second-order valence-electron chi connectivity index (χ2n) is 7.31. The third-order valence-corrected chi connectivity index (χ3v) is 5.66. The number of rotatable bonds is 7. The molecule has 23 heavy (non-hydrogen) atoms. The molecule has 3 nitrogen and oxygen atoms in total. The summed E-state index contributed by atoms with van der Waals surface area (Å²) in [6.45, 7) is 11.1. The van der Waals surface area contributed by atoms with Crippen molar-refractivity contribution in [2.45, 2.75) is 38.6 Å². The summed E-state index contributed by atoms with van der Waals surface area (Å²) in [4.78, 5) is 5.22. The summed E-state index contributed by atoms with van der Waals surface area (Å²) in [7, 11) is 0. The Morgan fingerprint density at radius 1 is 1.00 bits per heavy atom. The second kappa shape index (κ2) is 8.81. The van der Waals surface area contributed by atoms with E-state index in [9.17, 15) is 0 Å². The Morgan fingerprint density at radius 2 is 1.74 bits per heavy atom. The summed E-state index contributed by atoms with van der Waals surface area (Å²) in [6.07, 6.45) is 5.21. The zero-order valence-electron chi connectivity index (χ0n) is 14.7. The molecular weight excluding hydrogens is 282 g/mol. The molecule has 2 saturated heterocycles. The zero-order valence-corrected chi connectivity index (χ0v) is 14.7. The lowest BCUT2D eigenvalue weighted by atomic mass is 10.0. The van der Waals surface area contributed by atoms with Crippen LogP contribution < -0.4 is 5.32 Å². The van der Waals surface area contributed by atoms with Gasteiger partial charge >= 0.3 is 0 Å². The third kappa shape index (κ3) is 5.30. The number of nitrogens with one attached hydrogen (secondary N) is 1. The SMILES string of the molecule is CCN1CCC(CNC2CCN(CCc3ccccc3)CC2)C1. The Morgan fingerprint density at radius 3 is 2.43 bits per heavy atom. The van der Waals surface area contributed by atoms with E-state index in [0.717, 1.165) is 12.0 Å². The fourth-order valence-electron chi connectivity index (χ4n) is 3.99. The fourth-order valence-corrected chi connectivity index (χ4v) is 3.99. The number of benzene rings is 1. The van der Waals surface area contributed by atoms with Gasteiger partial charge < -0.3 is 15.1 Å².